The number of aliphatic hydroxyl groups excluding tert-OH is 1. The fourth-order valence-corrected chi connectivity index (χ4v) is 7.71. The molecule has 2 bridgehead atoms. The monoisotopic (exact) mass is 511 g/mol. The predicted molar refractivity (Wildman–Crippen MR) is 149 cm³/mol. The number of allylic oxidation sites excluding steroid dienone is 1. The largest absolute Gasteiger partial charge is 0.388 e. The van der Waals surface area contributed by atoms with E-state index in [4.69, 9.17) is 0 Å². The molecule has 6 nitrogen and oxygen atoms in total. The minimum atomic E-state index is -1.04. The number of nitrogens with one attached hydrogen (secondary N) is 3. The summed E-state index contributed by atoms with van der Waals surface area (Å²) >= 11 is 0. The van der Waals surface area contributed by atoms with E-state index in [-0.39, 0.29) is 35.5 Å². The number of H-pyrrole nitrogens is 2. The lowest BCUT2D eigenvalue weighted by Gasteiger charge is -2.50. The number of benzene rings is 1. The molecule has 4 heterocycles. The fraction of sp³-hybridized carbons (Fsp3) is 0.438. The Labute approximate surface area is 223 Å². The number of aliphatic hydroxyl groups is 1. The van der Waals surface area contributed by atoms with Gasteiger partial charge in [0.15, 0.2) is 5.78 Å². The van der Waals surface area contributed by atoms with Crippen molar-refractivity contribution in [1.29, 1.82) is 0 Å². The van der Waals surface area contributed by atoms with E-state index in [1.165, 1.54) is 0 Å². The van der Waals surface area contributed by atoms with Gasteiger partial charge in [-0.1, -0.05) is 57.7 Å². The summed E-state index contributed by atoms with van der Waals surface area (Å²) in [6.07, 6.45) is 7.55. The average molecular weight is 512 g/mol. The lowest BCUT2D eigenvalue weighted by molar-refractivity contribution is -0.129. The molecule has 1 aliphatic carbocycles. The van der Waals surface area contributed by atoms with Crippen LogP contribution in [0.5, 0.6) is 0 Å². The van der Waals surface area contributed by atoms with Gasteiger partial charge in [0.05, 0.1) is 11.8 Å². The van der Waals surface area contributed by atoms with Crippen LogP contribution in [0.2, 0.25) is 0 Å². The Morgan fingerprint density at radius 1 is 1.11 bits per heavy atom. The van der Waals surface area contributed by atoms with E-state index in [1.807, 2.05) is 43.5 Å². The molecule has 1 saturated heterocycles. The van der Waals surface area contributed by atoms with Gasteiger partial charge in [-0.25, -0.2) is 0 Å². The molecule has 4 N–H and O–H groups in total. The highest BCUT2D eigenvalue weighted by atomic mass is 16.3. The number of carbonyl (C=O) groups is 2. The number of ketones is 1. The van der Waals surface area contributed by atoms with Crippen LogP contribution in [0.3, 0.4) is 0 Å². The van der Waals surface area contributed by atoms with Crippen LogP contribution in [-0.2, 0) is 16.6 Å². The van der Waals surface area contributed by atoms with Crippen LogP contribution in [0.25, 0.3) is 10.9 Å². The number of aromatic amines is 2. The molecular weight excluding hydrogens is 474 g/mol. The second-order valence-corrected chi connectivity index (χ2v) is 11.9. The second kappa shape index (κ2) is 9.12. The van der Waals surface area contributed by atoms with Crippen molar-refractivity contribution in [3.05, 3.63) is 83.9 Å². The molecule has 3 aliphatic rings. The van der Waals surface area contributed by atoms with E-state index < -0.39 is 17.4 Å². The van der Waals surface area contributed by atoms with Gasteiger partial charge in [0.25, 0.3) is 0 Å². The molecule has 1 aromatic carbocycles. The van der Waals surface area contributed by atoms with E-state index >= 15 is 0 Å². The molecule has 6 heteroatoms. The van der Waals surface area contributed by atoms with Crippen LogP contribution in [0.15, 0.2) is 66.9 Å². The second-order valence-electron chi connectivity index (χ2n) is 11.9. The standard InChI is InChI=1S/C32H37N3O3/c1-17-8-7-10-23-30(37)20(4)19(3)28-26(15-21-16-33-24-11-6-5-9-22(21)24)35-31(38)32(23,28)27-13-12-25(34-27)29(36)18(2)14-17/h5-7,9-13,16-19,23,26,28,30,33-34,37H,4,8,14-15H2,1-3H3,(H,35,38). The van der Waals surface area contributed by atoms with E-state index in [1.54, 1.807) is 0 Å². The topological polar surface area (TPSA) is 98.0 Å². The van der Waals surface area contributed by atoms with Crippen molar-refractivity contribution in [2.24, 2.45) is 29.6 Å². The van der Waals surface area contributed by atoms with Crippen LogP contribution in [-0.4, -0.2) is 38.9 Å². The van der Waals surface area contributed by atoms with Crippen LogP contribution in [0, 0.1) is 29.6 Å². The summed E-state index contributed by atoms with van der Waals surface area (Å²) in [7, 11) is 0. The number of para-hydroxylation sites is 1. The maximum atomic E-state index is 14.3. The van der Waals surface area contributed by atoms with Crippen LogP contribution >= 0.6 is 0 Å². The summed E-state index contributed by atoms with van der Waals surface area (Å²) in [5, 5.41) is 16.1. The highest BCUT2D eigenvalue weighted by Crippen LogP contribution is 2.57. The first kappa shape index (κ1) is 24.9. The molecule has 1 saturated carbocycles. The first-order valence-electron chi connectivity index (χ1n) is 13.9. The zero-order valence-corrected chi connectivity index (χ0v) is 22.3. The highest BCUT2D eigenvalue weighted by molar-refractivity contribution is 5.97. The smallest absolute Gasteiger partial charge is 0.233 e. The molecule has 38 heavy (non-hydrogen) atoms. The Balaban J connectivity index is 1.51. The van der Waals surface area contributed by atoms with Crippen LogP contribution < -0.4 is 5.32 Å². The molecule has 2 aliphatic heterocycles. The number of aromatic nitrogens is 2. The lowest BCUT2D eigenvalue weighted by atomic mass is 9.52. The van der Waals surface area contributed by atoms with Gasteiger partial charge in [0.2, 0.25) is 5.91 Å². The van der Waals surface area contributed by atoms with Gasteiger partial charge in [-0.15, -0.1) is 0 Å². The van der Waals surface area contributed by atoms with Gasteiger partial charge in [0, 0.05) is 46.6 Å². The summed E-state index contributed by atoms with van der Waals surface area (Å²) in [5.41, 5.74) is 3.18. The maximum Gasteiger partial charge on any atom is 0.233 e. The van der Waals surface area contributed by atoms with Gasteiger partial charge in [-0.2, -0.15) is 0 Å². The van der Waals surface area contributed by atoms with Crippen LogP contribution in [0.1, 0.15) is 55.4 Å². The number of carbonyl (C=O) groups excluding carboxylic acids is 2. The fourth-order valence-electron chi connectivity index (χ4n) is 7.71. The van der Waals surface area contributed by atoms with Crippen molar-refractivity contribution < 1.29 is 14.7 Å². The Kier molecular flexibility index (Phi) is 5.98. The molecule has 2 fully saturated rings. The van der Waals surface area contributed by atoms with Crippen molar-refractivity contribution >= 4 is 22.6 Å². The zero-order valence-electron chi connectivity index (χ0n) is 22.3. The van der Waals surface area contributed by atoms with Crippen molar-refractivity contribution in [2.75, 3.05) is 0 Å². The molecular formula is C32H37N3O3. The average Bonchev–Trinajstić information content (AvgIpc) is 3.61. The van der Waals surface area contributed by atoms with Gasteiger partial charge >= 0.3 is 0 Å². The van der Waals surface area contributed by atoms with E-state index in [9.17, 15) is 14.7 Å². The van der Waals surface area contributed by atoms with Gasteiger partial charge < -0.3 is 20.4 Å². The molecule has 1 spiro atoms. The Hall–Kier alpha value is -3.38. The molecule has 198 valence electrons. The molecule has 6 rings (SSSR count). The van der Waals surface area contributed by atoms with Crippen molar-refractivity contribution in [3.63, 3.8) is 0 Å². The number of rotatable bonds is 2. The predicted octanol–water partition coefficient (Wildman–Crippen LogP) is 5.08. The van der Waals surface area contributed by atoms with Gasteiger partial charge in [-0.3, -0.25) is 9.59 Å². The Bertz CT molecular complexity index is 1450. The van der Waals surface area contributed by atoms with Gasteiger partial charge in [0.1, 0.15) is 5.41 Å². The minimum Gasteiger partial charge on any atom is -0.388 e. The van der Waals surface area contributed by atoms with Crippen molar-refractivity contribution in [2.45, 2.75) is 57.6 Å². The number of hydrogen-bond acceptors (Lipinski definition) is 3. The maximum absolute atomic E-state index is 14.3. The number of fused-ring (bicyclic) bond motifs is 3. The summed E-state index contributed by atoms with van der Waals surface area (Å²) in [5.74, 6) is -0.601. The molecule has 8 unspecified atom stereocenters. The quantitative estimate of drug-likeness (QED) is 0.361. The SMILES string of the molecule is C=C1C(C)C2C(Cc3c[nH]c4ccccc34)NC(=O)C23c2ccc([nH]2)C(=O)C(C)CC(C)CC=CC3C1O. The van der Waals surface area contributed by atoms with E-state index in [2.05, 4.69) is 53.9 Å². The molecule has 2 aromatic heterocycles. The molecule has 8 atom stereocenters. The summed E-state index contributed by atoms with van der Waals surface area (Å²) in [4.78, 5) is 34.4. The third-order valence-electron chi connectivity index (χ3n) is 9.62. The number of amides is 1. The van der Waals surface area contributed by atoms with Gasteiger partial charge in [-0.05, 0) is 60.4 Å². The zero-order chi connectivity index (χ0) is 26.8. The first-order chi connectivity index (χ1) is 18.2. The summed E-state index contributed by atoms with van der Waals surface area (Å²) < 4.78 is 0. The highest BCUT2D eigenvalue weighted by Gasteiger charge is 2.66. The normalized spacial score (nSPS) is 35.4. The van der Waals surface area contributed by atoms with Crippen molar-refractivity contribution in [1.82, 2.24) is 15.3 Å². The molecule has 3 aromatic rings. The van der Waals surface area contributed by atoms with Crippen LogP contribution in [0.4, 0.5) is 0 Å². The molecule has 1 amide bonds. The van der Waals surface area contributed by atoms with E-state index in [0.717, 1.165) is 34.9 Å². The van der Waals surface area contributed by atoms with Crippen molar-refractivity contribution in [3.8, 4) is 0 Å². The first-order valence-corrected chi connectivity index (χ1v) is 13.9. The Morgan fingerprint density at radius 3 is 2.71 bits per heavy atom. The minimum absolute atomic E-state index is 0.0692. The third kappa shape index (κ3) is 3.57. The molecule has 0 radical (unpaired) electrons. The third-order valence-corrected chi connectivity index (χ3v) is 9.62. The number of Topliss-reactive ketones (excluding diaryl/α,β-unsaturated/α-hetero) is 1. The summed E-state index contributed by atoms with van der Waals surface area (Å²) in [6, 6.07) is 11.8. The lowest BCUT2D eigenvalue weighted by Crippen LogP contribution is -2.57. The number of hydrogen-bond donors (Lipinski definition) is 4. The Morgan fingerprint density at radius 2 is 1.89 bits per heavy atom. The van der Waals surface area contributed by atoms with E-state index in [0.29, 0.717) is 23.7 Å². The summed E-state index contributed by atoms with van der Waals surface area (Å²) in [6.45, 7) is 10.5.